The van der Waals surface area contributed by atoms with E-state index in [9.17, 15) is 9.59 Å². The monoisotopic (exact) mass is 228 g/mol. The molecule has 5 heteroatoms. The topological polar surface area (TPSA) is 58.6 Å². The molecule has 1 aliphatic rings. The van der Waals surface area contributed by atoms with Crippen LogP contribution in [0.4, 0.5) is 0 Å². The van der Waals surface area contributed by atoms with Crippen LogP contribution in [0.3, 0.4) is 0 Å². The number of likely N-dealkylation sites (N-methyl/N-ethyl adjacent to an activating group) is 1. The van der Waals surface area contributed by atoms with Crippen LogP contribution >= 0.6 is 0 Å². The lowest BCUT2D eigenvalue weighted by molar-refractivity contribution is -0.136. The molecule has 1 saturated heterocycles. The van der Waals surface area contributed by atoms with Crippen molar-refractivity contribution in [1.29, 1.82) is 0 Å². The van der Waals surface area contributed by atoms with Crippen molar-refractivity contribution in [2.45, 2.75) is 20.3 Å². The van der Waals surface area contributed by atoms with Crippen molar-refractivity contribution in [1.82, 2.24) is 10.2 Å². The number of ether oxygens (including phenoxy) is 1. The first-order valence-electron chi connectivity index (χ1n) is 5.82. The van der Waals surface area contributed by atoms with Crippen molar-refractivity contribution in [3.8, 4) is 0 Å². The first-order chi connectivity index (χ1) is 7.69. The number of amides is 2. The maximum atomic E-state index is 12.0. The first-order valence-corrected chi connectivity index (χ1v) is 5.82. The van der Waals surface area contributed by atoms with E-state index in [1.807, 2.05) is 13.8 Å². The van der Waals surface area contributed by atoms with E-state index >= 15 is 0 Å². The predicted octanol–water partition coefficient (Wildman–Crippen LogP) is 0.00750. The van der Waals surface area contributed by atoms with Crippen LogP contribution in [0.2, 0.25) is 0 Å². The van der Waals surface area contributed by atoms with Gasteiger partial charge in [-0.15, -0.1) is 0 Å². The second-order valence-electron chi connectivity index (χ2n) is 3.82. The highest BCUT2D eigenvalue weighted by molar-refractivity contribution is 5.89. The zero-order valence-electron chi connectivity index (χ0n) is 9.99. The average molecular weight is 228 g/mol. The Labute approximate surface area is 96.1 Å². The fourth-order valence-electron chi connectivity index (χ4n) is 1.78. The molecule has 16 heavy (non-hydrogen) atoms. The van der Waals surface area contributed by atoms with E-state index in [0.717, 1.165) is 0 Å². The Kier molecular flexibility index (Phi) is 5.25. The molecule has 1 unspecified atom stereocenters. The molecule has 0 aliphatic carbocycles. The Balaban J connectivity index is 2.39. The number of nitrogens with zero attached hydrogens (tertiary/aromatic N) is 1. The summed E-state index contributed by atoms with van der Waals surface area (Å²) in [4.78, 5) is 24.8. The van der Waals surface area contributed by atoms with E-state index in [4.69, 9.17) is 4.74 Å². The summed E-state index contributed by atoms with van der Waals surface area (Å²) in [7, 11) is 0. The van der Waals surface area contributed by atoms with Crippen molar-refractivity contribution in [3.05, 3.63) is 0 Å². The smallest absolute Gasteiger partial charge is 0.228 e. The molecule has 5 nitrogen and oxygen atoms in total. The minimum Gasteiger partial charge on any atom is -0.380 e. The summed E-state index contributed by atoms with van der Waals surface area (Å²) in [5, 5.41) is 2.68. The lowest BCUT2D eigenvalue weighted by Crippen LogP contribution is -2.39. The van der Waals surface area contributed by atoms with Gasteiger partial charge in [0.1, 0.15) is 0 Å². The molecule has 1 atom stereocenters. The van der Waals surface area contributed by atoms with Gasteiger partial charge in [-0.05, 0) is 13.8 Å². The molecule has 0 aromatic carbocycles. The maximum Gasteiger partial charge on any atom is 0.228 e. The second kappa shape index (κ2) is 6.48. The Hall–Kier alpha value is -1.10. The number of hydrogen-bond acceptors (Lipinski definition) is 3. The average Bonchev–Trinajstić information content (AvgIpc) is 2.70. The summed E-state index contributed by atoms with van der Waals surface area (Å²) in [6.07, 6.45) is 0.323. The number of hydrogen-bond donors (Lipinski definition) is 1. The van der Waals surface area contributed by atoms with E-state index < -0.39 is 0 Å². The highest BCUT2D eigenvalue weighted by Crippen LogP contribution is 2.12. The van der Waals surface area contributed by atoms with Gasteiger partial charge < -0.3 is 15.0 Å². The molecule has 1 aliphatic heterocycles. The van der Waals surface area contributed by atoms with Gasteiger partial charge in [0.25, 0.3) is 0 Å². The zero-order chi connectivity index (χ0) is 12.0. The van der Waals surface area contributed by atoms with Gasteiger partial charge in [-0.1, -0.05) is 0 Å². The lowest BCUT2D eigenvalue weighted by Gasteiger charge is -2.23. The van der Waals surface area contributed by atoms with Gasteiger partial charge in [0.05, 0.1) is 12.5 Å². The predicted molar refractivity (Wildman–Crippen MR) is 59.9 cm³/mol. The second-order valence-corrected chi connectivity index (χ2v) is 3.82. The van der Waals surface area contributed by atoms with Gasteiger partial charge in [0, 0.05) is 32.7 Å². The molecular weight excluding hydrogens is 208 g/mol. The highest BCUT2D eigenvalue weighted by Gasteiger charge is 2.30. The normalized spacial score (nSPS) is 19.6. The Bertz CT molecular complexity index is 256. The molecule has 1 fully saturated rings. The summed E-state index contributed by atoms with van der Waals surface area (Å²) in [5.74, 6) is -0.158. The third kappa shape index (κ3) is 3.48. The third-order valence-electron chi connectivity index (χ3n) is 2.73. The summed E-state index contributed by atoms with van der Waals surface area (Å²) >= 11 is 0. The SMILES string of the molecule is CCOCCN(CC)C(=O)C1CNC(=O)C1. The van der Waals surface area contributed by atoms with E-state index in [1.165, 1.54) is 0 Å². The van der Waals surface area contributed by atoms with Gasteiger partial charge in [0.15, 0.2) is 0 Å². The molecule has 1 rings (SSSR count). The van der Waals surface area contributed by atoms with E-state index in [1.54, 1.807) is 4.90 Å². The van der Waals surface area contributed by atoms with Gasteiger partial charge >= 0.3 is 0 Å². The highest BCUT2D eigenvalue weighted by atomic mass is 16.5. The van der Waals surface area contributed by atoms with Crippen molar-refractivity contribution in [2.24, 2.45) is 5.92 Å². The summed E-state index contributed by atoms with van der Waals surface area (Å²) < 4.78 is 5.22. The zero-order valence-corrected chi connectivity index (χ0v) is 9.99. The largest absolute Gasteiger partial charge is 0.380 e. The van der Waals surface area contributed by atoms with Crippen LogP contribution in [-0.4, -0.2) is 49.6 Å². The van der Waals surface area contributed by atoms with E-state index in [2.05, 4.69) is 5.32 Å². The number of carbonyl (C=O) groups excluding carboxylic acids is 2. The van der Waals surface area contributed by atoms with Crippen molar-refractivity contribution in [2.75, 3.05) is 32.8 Å². The molecule has 0 aromatic heterocycles. The van der Waals surface area contributed by atoms with E-state index in [0.29, 0.717) is 39.3 Å². The van der Waals surface area contributed by atoms with Crippen LogP contribution in [0.1, 0.15) is 20.3 Å². The van der Waals surface area contributed by atoms with Crippen LogP contribution in [-0.2, 0) is 14.3 Å². The fourth-order valence-corrected chi connectivity index (χ4v) is 1.78. The van der Waals surface area contributed by atoms with Crippen molar-refractivity contribution < 1.29 is 14.3 Å². The summed E-state index contributed by atoms with van der Waals surface area (Å²) in [6.45, 7) is 6.83. The molecule has 1 N–H and O–H groups in total. The van der Waals surface area contributed by atoms with Crippen molar-refractivity contribution >= 4 is 11.8 Å². The minimum absolute atomic E-state index is 0.0285. The Morgan fingerprint density at radius 3 is 2.81 bits per heavy atom. The Morgan fingerprint density at radius 1 is 1.56 bits per heavy atom. The van der Waals surface area contributed by atoms with Crippen LogP contribution < -0.4 is 5.32 Å². The molecule has 0 bridgehead atoms. The molecule has 0 spiro atoms. The van der Waals surface area contributed by atoms with E-state index in [-0.39, 0.29) is 17.7 Å². The lowest BCUT2D eigenvalue weighted by atomic mass is 10.1. The first kappa shape index (κ1) is 13.0. The maximum absolute atomic E-state index is 12.0. The molecule has 0 aromatic rings. The number of rotatable bonds is 6. The molecular formula is C11H20N2O3. The van der Waals surface area contributed by atoms with Gasteiger partial charge in [-0.3, -0.25) is 9.59 Å². The fraction of sp³-hybridized carbons (Fsp3) is 0.818. The Morgan fingerprint density at radius 2 is 2.31 bits per heavy atom. The molecule has 0 radical (unpaired) electrons. The molecule has 2 amide bonds. The minimum atomic E-state index is -0.186. The molecule has 0 saturated carbocycles. The number of nitrogens with one attached hydrogen (secondary N) is 1. The quantitative estimate of drug-likeness (QED) is 0.651. The van der Waals surface area contributed by atoms with Gasteiger partial charge in [-0.25, -0.2) is 0 Å². The van der Waals surface area contributed by atoms with Crippen molar-refractivity contribution in [3.63, 3.8) is 0 Å². The van der Waals surface area contributed by atoms with Crippen LogP contribution in [0.25, 0.3) is 0 Å². The summed E-state index contributed by atoms with van der Waals surface area (Å²) in [5.41, 5.74) is 0. The molecule has 92 valence electrons. The standard InChI is InChI=1S/C11H20N2O3/c1-3-13(5-6-16-4-2)11(15)9-7-10(14)12-8-9/h9H,3-8H2,1-2H3,(H,12,14). The third-order valence-corrected chi connectivity index (χ3v) is 2.73. The number of carbonyl (C=O) groups is 2. The van der Waals surface area contributed by atoms with Gasteiger partial charge in [-0.2, -0.15) is 0 Å². The molecule has 1 heterocycles. The van der Waals surface area contributed by atoms with Gasteiger partial charge in [0.2, 0.25) is 11.8 Å². The van der Waals surface area contributed by atoms with Crippen LogP contribution in [0.15, 0.2) is 0 Å². The summed E-state index contributed by atoms with van der Waals surface area (Å²) in [6, 6.07) is 0. The van der Waals surface area contributed by atoms with Crippen LogP contribution in [0, 0.1) is 5.92 Å². The van der Waals surface area contributed by atoms with Crippen LogP contribution in [0.5, 0.6) is 0 Å².